The second kappa shape index (κ2) is 5.09. The van der Waals surface area contributed by atoms with Gasteiger partial charge < -0.3 is 9.72 Å². The van der Waals surface area contributed by atoms with E-state index in [0.717, 1.165) is 21.6 Å². The molecule has 0 fully saturated rings. The summed E-state index contributed by atoms with van der Waals surface area (Å²) in [6.07, 6.45) is 3.86. The number of hydrogen-bond acceptors (Lipinski definition) is 5. The number of nitrogens with one attached hydrogen (secondary N) is 1. The monoisotopic (exact) mass is 276 g/mol. The molecule has 3 heterocycles. The van der Waals surface area contributed by atoms with Crippen LogP contribution in [0.1, 0.15) is 5.69 Å². The summed E-state index contributed by atoms with van der Waals surface area (Å²) in [5, 5.41) is 6.19. The first-order valence-electron chi connectivity index (χ1n) is 5.56. The van der Waals surface area contributed by atoms with Crippen molar-refractivity contribution in [3.63, 3.8) is 0 Å². The first-order valence-corrected chi connectivity index (χ1v) is 7.26. The molecular weight excluding hydrogens is 264 g/mol. The summed E-state index contributed by atoms with van der Waals surface area (Å²) in [5.41, 5.74) is 2.15. The number of imidazole rings is 1. The smallest absolute Gasteiger partial charge is 0.156 e. The highest BCUT2D eigenvalue weighted by Crippen LogP contribution is 2.31. The van der Waals surface area contributed by atoms with Gasteiger partial charge in [-0.15, -0.1) is 11.3 Å². The summed E-state index contributed by atoms with van der Waals surface area (Å²) in [7, 11) is 1.94. The molecule has 0 aliphatic carbocycles. The van der Waals surface area contributed by atoms with Crippen molar-refractivity contribution in [1.82, 2.24) is 19.7 Å². The van der Waals surface area contributed by atoms with Crippen LogP contribution in [0.3, 0.4) is 0 Å². The van der Waals surface area contributed by atoms with Gasteiger partial charge in [-0.05, 0) is 30.9 Å². The summed E-state index contributed by atoms with van der Waals surface area (Å²) in [4.78, 5) is 8.95. The Hall–Kier alpha value is -1.37. The number of fused-ring (bicyclic) bond motifs is 1. The molecule has 0 aliphatic heterocycles. The van der Waals surface area contributed by atoms with Crippen molar-refractivity contribution >= 4 is 28.7 Å². The molecule has 0 amide bonds. The highest BCUT2D eigenvalue weighted by Gasteiger charge is 2.13. The second-order valence-corrected chi connectivity index (χ2v) is 5.85. The van der Waals surface area contributed by atoms with Crippen LogP contribution in [0.2, 0.25) is 0 Å². The first-order chi connectivity index (χ1) is 8.88. The summed E-state index contributed by atoms with van der Waals surface area (Å²) in [6, 6.07) is 6.04. The molecule has 3 aromatic heterocycles. The van der Waals surface area contributed by atoms with Crippen LogP contribution in [-0.4, -0.2) is 21.4 Å². The molecule has 0 saturated carbocycles. The van der Waals surface area contributed by atoms with Gasteiger partial charge in [0.2, 0.25) is 0 Å². The van der Waals surface area contributed by atoms with Crippen molar-refractivity contribution in [2.24, 2.45) is 0 Å². The van der Waals surface area contributed by atoms with Gasteiger partial charge in [0, 0.05) is 24.3 Å². The fraction of sp³-hybridized carbons (Fsp3) is 0.167. The number of thiazole rings is 1. The highest BCUT2D eigenvalue weighted by atomic mass is 32.2. The van der Waals surface area contributed by atoms with E-state index in [0.29, 0.717) is 0 Å². The van der Waals surface area contributed by atoms with E-state index >= 15 is 0 Å². The van der Waals surface area contributed by atoms with Gasteiger partial charge in [-0.2, -0.15) is 0 Å². The van der Waals surface area contributed by atoms with Gasteiger partial charge >= 0.3 is 0 Å². The molecule has 0 bridgehead atoms. The minimum atomic E-state index is 0.791. The molecule has 6 heteroatoms. The van der Waals surface area contributed by atoms with Gasteiger partial charge in [0.05, 0.1) is 5.69 Å². The number of aromatic nitrogens is 3. The van der Waals surface area contributed by atoms with Crippen molar-refractivity contribution < 1.29 is 0 Å². The lowest BCUT2D eigenvalue weighted by Crippen LogP contribution is -2.08. The molecule has 92 valence electrons. The molecule has 0 unspecified atom stereocenters. The molecule has 3 aromatic rings. The zero-order valence-electron chi connectivity index (χ0n) is 9.83. The molecule has 0 saturated heterocycles. The molecule has 18 heavy (non-hydrogen) atoms. The van der Waals surface area contributed by atoms with E-state index in [1.54, 1.807) is 23.1 Å². The molecule has 0 spiro atoms. The van der Waals surface area contributed by atoms with Crippen LogP contribution < -0.4 is 5.32 Å². The van der Waals surface area contributed by atoms with Crippen LogP contribution in [0.4, 0.5) is 0 Å². The average molecular weight is 276 g/mol. The van der Waals surface area contributed by atoms with E-state index in [2.05, 4.69) is 19.7 Å². The van der Waals surface area contributed by atoms with Crippen molar-refractivity contribution in [3.05, 3.63) is 41.7 Å². The van der Waals surface area contributed by atoms with Crippen LogP contribution in [0.25, 0.3) is 5.65 Å². The minimum Gasteiger partial charge on any atom is -0.314 e. The van der Waals surface area contributed by atoms with Crippen LogP contribution >= 0.6 is 23.1 Å². The van der Waals surface area contributed by atoms with Crippen molar-refractivity contribution in [1.29, 1.82) is 0 Å². The molecule has 0 atom stereocenters. The number of nitrogens with zero attached hydrogens (tertiary/aromatic N) is 3. The fourth-order valence-corrected chi connectivity index (χ4v) is 3.44. The Labute approximate surface area is 113 Å². The van der Waals surface area contributed by atoms with Gasteiger partial charge in [-0.3, -0.25) is 0 Å². The first kappa shape index (κ1) is 11.7. The molecular formula is C12H12N4S2. The zero-order chi connectivity index (χ0) is 12.4. The Kier molecular flexibility index (Phi) is 3.31. The predicted octanol–water partition coefficient (Wildman–Crippen LogP) is 2.66. The van der Waals surface area contributed by atoms with Gasteiger partial charge in [-0.25, -0.2) is 9.97 Å². The minimum absolute atomic E-state index is 0.791. The van der Waals surface area contributed by atoms with Crippen LogP contribution in [-0.2, 0) is 6.54 Å². The summed E-state index contributed by atoms with van der Waals surface area (Å²) in [5.74, 6) is 0. The molecule has 4 nitrogen and oxygen atoms in total. The van der Waals surface area contributed by atoms with Crippen molar-refractivity contribution in [3.8, 4) is 0 Å². The predicted molar refractivity (Wildman–Crippen MR) is 74.2 cm³/mol. The van der Waals surface area contributed by atoms with E-state index in [4.69, 9.17) is 0 Å². The summed E-state index contributed by atoms with van der Waals surface area (Å²) >= 11 is 3.26. The Bertz CT molecular complexity index is 645. The van der Waals surface area contributed by atoms with Gasteiger partial charge in [0.15, 0.2) is 4.34 Å². The normalized spacial score (nSPS) is 11.2. The topological polar surface area (TPSA) is 42.2 Å². The lowest BCUT2D eigenvalue weighted by atomic mass is 10.4. The third kappa shape index (κ3) is 2.14. The largest absolute Gasteiger partial charge is 0.314 e. The molecule has 0 radical (unpaired) electrons. The van der Waals surface area contributed by atoms with E-state index in [9.17, 15) is 0 Å². The molecule has 3 rings (SSSR count). The maximum absolute atomic E-state index is 4.66. The van der Waals surface area contributed by atoms with Crippen LogP contribution in [0.5, 0.6) is 0 Å². The Morgan fingerprint density at radius 2 is 2.39 bits per heavy atom. The Morgan fingerprint density at radius 3 is 3.17 bits per heavy atom. The molecule has 0 aliphatic rings. The number of rotatable bonds is 4. The Morgan fingerprint density at radius 1 is 1.44 bits per heavy atom. The second-order valence-electron chi connectivity index (χ2n) is 3.72. The maximum Gasteiger partial charge on any atom is 0.156 e. The van der Waals surface area contributed by atoms with E-state index in [1.165, 1.54) is 5.69 Å². The molecule has 1 N–H and O–H groups in total. The van der Waals surface area contributed by atoms with Gasteiger partial charge in [-0.1, -0.05) is 6.07 Å². The summed E-state index contributed by atoms with van der Waals surface area (Å²) < 4.78 is 3.14. The standard InChI is InChI=1S/C12H12N4S2/c1-13-8-9-11(18-12-14-5-7-17-12)15-10-4-2-3-6-16(9)10/h2-7,13H,8H2,1H3. The third-order valence-corrected chi connectivity index (χ3v) is 4.43. The van der Waals surface area contributed by atoms with Crippen molar-refractivity contribution in [2.75, 3.05) is 7.05 Å². The van der Waals surface area contributed by atoms with Crippen molar-refractivity contribution in [2.45, 2.75) is 15.9 Å². The summed E-state index contributed by atoms with van der Waals surface area (Å²) in [6.45, 7) is 0.791. The van der Waals surface area contributed by atoms with Gasteiger partial charge in [0.25, 0.3) is 0 Å². The van der Waals surface area contributed by atoms with E-state index in [-0.39, 0.29) is 0 Å². The van der Waals surface area contributed by atoms with E-state index in [1.807, 2.05) is 43.0 Å². The van der Waals surface area contributed by atoms with Crippen LogP contribution in [0.15, 0.2) is 45.3 Å². The maximum atomic E-state index is 4.66. The quantitative estimate of drug-likeness (QED) is 0.795. The lowest BCUT2D eigenvalue weighted by Gasteiger charge is -2.02. The fourth-order valence-electron chi connectivity index (χ4n) is 1.78. The lowest BCUT2D eigenvalue weighted by molar-refractivity contribution is 0.764. The highest BCUT2D eigenvalue weighted by molar-refractivity contribution is 8.01. The van der Waals surface area contributed by atoms with Crippen LogP contribution in [0, 0.1) is 0 Å². The third-order valence-electron chi connectivity index (χ3n) is 2.53. The van der Waals surface area contributed by atoms with E-state index < -0.39 is 0 Å². The molecule has 0 aromatic carbocycles. The number of pyridine rings is 1. The average Bonchev–Trinajstić information content (AvgIpc) is 3.00. The van der Waals surface area contributed by atoms with Gasteiger partial charge in [0.1, 0.15) is 10.7 Å². The zero-order valence-corrected chi connectivity index (χ0v) is 11.5. The SMILES string of the molecule is CNCc1c(Sc2nccs2)nc2ccccn12. The number of hydrogen-bond donors (Lipinski definition) is 1. The Balaban J connectivity index is 2.06.